The third-order valence-electron chi connectivity index (χ3n) is 15.0. The summed E-state index contributed by atoms with van der Waals surface area (Å²) in [5, 5.41) is 54.6. The van der Waals surface area contributed by atoms with Crippen molar-refractivity contribution in [2.45, 2.75) is 200 Å². The largest absolute Gasteiger partial charge is 0.481 e. The molecule has 1 fully saturated rings. The minimum atomic E-state index is -1.58. The summed E-state index contributed by atoms with van der Waals surface area (Å²) in [6.07, 6.45) is 0.926. The van der Waals surface area contributed by atoms with Gasteiger partial charge in [0.25, 0.3) is 11.8 Å². The first-order valence-corrected chi connectivity index (χ1v) is 35.5. The summed E-state index contributed by atoms with van der Waals surface area (Å²) in [7, 11) is 0. The fourth-order valence-corrected chi connectivity index (χ4v) is 6.62. The number of benzene rings is 6. The highest BCUT2D eigenvalue weighted by atomic mass is 35.5. The van der Waals surface area contributed by atoms with Crippen LogP contribution in [-0.4, -0.2) is 142 Å². The summed E-state index contributed by atoms with van der Waals surface area (Å²) in [6, 6.07) is 57.7. The molecule has 6 aromatic carbocycles. The second-order valence-corrected chi connectivity index (χ2v) is 29.4. The van der Waals surface area contributed by atoms with Gasteiger partial charge in [-0.1, -0.05) is 203 Å². The van der Waals surface area contributed by atoms with E-state index in [2.05, 4.69) is 11.0 Å². The molecule has 1 heterocycles. The van der Waals surface area contributed by atoms with E-state index in [1.165, 1.54) is 60.5 Å². The number of aliphatic carboxylic acids is 4. The minimum absolute atomic E-state index is 0.00132. The van der Waals surface area contributed by atoms with Crippen molar-refractivity contribution < 1.29 is 107 Å². The van der Waals surface area contributed by atoms with Crippen LogP contribution in [0.5, 0.6) is 0 Å². The Balaban J connectivity index is 0. The van der Waals surface area contributed by atoms with Crippen molar-refractivity contribution in [3.05, 3.63) is 215 Å². The molecule has 26 nitrogen and oxygen atoms in total. The molecule has 0 spiro atoms. The van der Waals surface area contributed by atoms with Crippen LogP contribution in [0.25, 0.3) is 0 Å². The van der Waals surface area contributed by atoms with Gasteiger partial charge < -0.3 is 40.1 Å². The maximum Gasteiger partial charge on any atom is 0.335 e. The van der Waals surface area contributed by atoms with Crippen LogP contribution in [0.1, 0.15) is 171 Å². The number of nitrogens with zero attached hydrogens (tertiary/aromatic N) is 2. The molecule has 110 heavy (non-hydrogen) atoms. The van der Waals surface area contributed by atoms with Gasteiger partial charge in [0.2, 0.25) is 11.7 Å². The first-order chi connectivity index (χ1) is 51.0. The van der Waals surface area contributed by atoms with E-state index in [0.29, 0.717) is 45.8 Å². The molecule has 3 amide bonds. The molecule has 27 heteroatoms. The first kappa shape index (κ1) is 103. The fraction of sp³-hybridized carbons (Fsp3) is 0.446. The van der Waals surface area contributed by atoms with Gasteiger partial charge >= 0.3 is 23.9 Å². The number of carboxylic acids is 4. The van der Waals surface area contributed by atoms with E-state index in [-0.39, 0.29) is 60.4 Å². The number of nitrogens with one attached hydrogen (secondary N) is 2. The smallest absolute Gasteiger partial charge is 0.335 e. The SMILES string of the molecule is CC(=O)C(C)(C)OCc1ccccc1.CC(=O)C(C)C.CC(C)(CN(C=O)OCc1ccccc1)C(=O)O.CC(C)(CNOCc1ccccc1)C(=O)O.CC(C)(O)C(=O)NOCc1ccccc1.CC(C)(O)C(=O)O.CC(C)(OCc1ccccc1)C(=O)O.CC1(C)CN(OCc2ccccc2)C1=O.CCC(=O)Cl. The van der Waals surface area contributed by atoms with Gasteiger partial charge in [-0.2, -0.15) is 0 Å². The van der Waals surface area contributed by atoms with Crippen molar-refractivity contribution >= 4 is 70.5 Å². The first-order valence-electron chi connectivity index (χ1n) is 35.1. The zero-order valence-electron chi connectivity index (χ0n) is 67.0. The topological polar surface area (TPSA) is 378 Å². The lowest BCUT2D eigenvalue weighted by molar-refractivity contribution is -0.238. The number of ether oxygens (including phenoxy) is 2. The number of aliphatic hydroxyl groups is 2. The number of carbonyl (C=O) groups excluding carboxylic acids is 6. The molecule has 608 valence electrons. The average molecular weight is 1560 g/mol. The van der Waals surface area contributed by atoms with Gasteiger partial charge in [-0.3, -0.25) is 57.7 Å². The molecule has 1 aliphatic heterocycles. The number of rotatable bonds is 31. The zero-order chi connectivity index (χ0) is 84.5. The Morgan fingerprint density at radius 1 is 0.509 bits per heavy atom. The lowest BCUT2D eigenvalue weighted by Crippen LogP contribution is -2.57. The average Bonchev–Trinajstić information content (AvgIpc) is 0.783. The number of carboxylic acid groups (broad SMARTS) is 4. The summed E-state index contributed by atoms with van der Waals surface area (Å²) in [4.78, 5) is 127. The van der Waals surface area contributed by atoms with Gasteiger partial charge in [0.1, 0.15) is 30.2 Å². The van der Waals surface area contributed by atoms with E-state index in [9.17, 15) is 53.1 Å². The summed E-state index contributed by atoms with van der Waals surface area (Å²) in [5.74, 6) is -3.94. The molecule has 0 saturated carbocycles. The zero-order valence-corrected chi connectivity index (χ0v) is 67.8. The van der Waals surface area contributed by atoms with Crippen molar-refractivity contribution in [1.29, 1.82) is 0 Å². The number of Topliss-reactive ketones (excluding diaryl/α,β-unsaturated/α-hetero) is 2. The van der Waals surface area contributed by atoms with Gasteiger partial charge in [0, 0.05) is 18.9 Å². The maximum absolute atomic E-state index is 11.5. The quantitative estimate of drug-likeness (QED) is 0.00659. The van der Waals surface area contributed by atoms with Gasteiger partial charge in [-0.25, -0.2) is 30.7 Å². The van der Waals surface area contributed by atoms with E-state index < -0.39 is 63.0 Å². The molecule has 1 saturated heterocycles. The molecular weight excluding hydrogens is 1440 g/mol. The molecule has 0 bridgehead atoms. The monoisotopic (exact) mass is 1560 g/mol. The summed E-state index contributed by atoms with van der Waals surface area (Å²) < 4.78 is 10.8. The standard InChI is InChI=1S/C13H17NO4.C12H17NO3.C12H15NO2.C12H16O2.C11H15NO3.C11H14O3.C5H10O.C4H8O3.C3H5ClO/c1-13(2,12(16)17)9-14(10-15)18-8-11-6-4-3-5-7-11;1-12(2,11(14)15)9-13-16-8-10-6-4-3-5-7-10;1-12(2)9-13(11(12)14)15-8-10-6-4-3-5-7-10;1-10(13)12(2,3)14-9-11-7-5-4-6-8-11;1-11(2,14)10(13)12-15-8-9-6-4-3-5-7-9;1-11(2,10(12)13)14-8-9-6-4-3-5-7-9;1-4(2)5(3)6;1-4(2,7)3(5)6;1-2-3(4)5/h3-7,10H,8-9H2,1-2H3,(H,16,17);3-7,13H,8-9H2,1-2H3,(H,14,15);3-7H,8-9H2,1-2H3;4-8H,9H2,1-3H3;3-7,14H,8H2,1-2H3,(H,12,13);3-7H,8H2,1-2H3,(H,12,13);4H,1-3H3;7H,1-2H3,(H,5,6);2H2,1H3. The van der Waals surface area contributed by atoms with Crippen LogP contribution in [0.15, 0.2) is 182 Å². The number of hydrogen-bond acceptors (Lipinski definition) is 19. The van der Waals surface area contributed by atoms with Gasteiger partial charge in [-0.15, -0.1) is 0 Å². The third-order valence-corrected chi connectivity index (χ3v) is 15.3. The molecule has 8 N–H and O–H groups in total. The van der Waals surface area contributed by atoms with Gasteiger partial charge in [-0.05, 0) is 156 Å². The fourth-order valence-electron chi connectivity index (χ4n) is 6.62. The molecule has 6 aromatic rings. The summed E-state index contributed by atoms with van der Waals surface area (Å²) in [6.45, 7) is 33.9. The lowest BCUT2D eigenvalue weighted by Gasteiger charge is -2.42. The van der Waals surface area contributed by atoms with Crippen LogP contribution < -0.4 is 11.0 Å². The predicted molar refractivity (Wildman–Crippen MR) is 418 cm³/mol. The molecular formula is C83H117ClN4O22. The van der Waals surface area contributed by atoms with Crippen LogP contribution in [0.4, 0.5) is 0 Å². The molecule has 0 aliphatic carbocycles. The Hall–Kier alpha value is -9.45. The van der Waals surface area contributed by atoms with Gasteiger partial charge in [0.15, 0.2) is 17.0 Å². The van der Waals surface area contributed by atoms with Crippen molar-refractivity contribution in [3.8, 4) is 0 Å². The molecule has 0 radical (unpaired) electrons. The Kier molecular flexibility index (Phi) is 49.1. The van der Waals surface area contributed by atoms with Crippen molar-refractivity contribution in [2.24, 2.45) is 22.2 Å². The highest BCUT2D eigenvalue weighted by Gasteiger charge is 2.45. The molecule has 0 unspecified atom stereocenters. The highest BCUT2D eigenvalue weighted by molar-refractivity contribution is 6.63. The Morgan fingerprint density at radius 2 is 0.827 bits per heavy atom. The Labute approximate surface area is 653 Å². The van der Waals surface area contributed by atoms with Gasteiger partial charge in [0.05, 0.1) is 55.8 Å². The lowest BCUT2D eigenvalue weighted by atomic mass is 9.85. The molecule has 0 aromatic heterocycles. The van der Waals surface area contributed by atoms with Crippen molar-refractivity contribution in [2.75, 3.05) is 19.6 Å². The second-order valence-electron chi connectivity index (χ2n) is 28.9. The van der Waals surface area contributed by atoms with E-state index in [1.807, 2.05) is 210 Å². The normalized spacial score (nSPS) is 12.0. The van der Waals surface area contributed by atoms with Crippen LogP contribution in [-0.2, 0) is 116 Å². The van der Waals surface area contributed by atoms with E-state index in [4.69, 9.17) is 66.0 Å². The van der Waals surface area contributed by atoms with E-state index in [1.54, 1.807) is 48.5 Å². The number of halogens is 1. The molecule has 0 atom stereocenters. The number of ketones is 2. The van der Waals surface area contributed by atoms with Crippen LogP contribution >= 0.6 is 11.6 Å². The number of hydroxylamine groups is 6. The van der Waals surface area contributed by atoms with Crippen LogP contribution in [0.2, 0.25) is 0 Å². The van der Waals surface area contributed by atoms with E-state index >= 15 is 0 Å². The maximum atomic E-state index is 11.5. The molecule has 7 rings (SSSR count). The number of hydrogen-bond donors (Lipinski definition) is 8. The minimum Gasteiger partial charge on any atom is -0.481 e. The Morgan fingerprint density at radius 3 is 1.10 bits per heavy atom. The van der Waals surface area contributed by atoms with Crippen molar-refractivity contribution in [1.82, 2.24) is 21.1 Å². The van der Waals surface area contributed by atoms with Crippen LogP contribution in [0, 0.1) is 22.2 Å². The third kappa shape index (κ3) is 48.9. The molecule has 1 aliphatic rings. The Bertz CT molecular complexity index is 3550. The van der Waals surface area contributed by atoms with Crippen molar-refractivity contribution in [3.63, 3.8) is 0 Å². The van der Waals surface area contributed by atoms with E-state index in [0.717, 1.165) is 38.4 Å². The number of β-lactam (4-membered cyclic amide) rings is 1. The summed E-state index contributed by atoms with van der Waals surface area (Å²) in [5.41, 5.74) is 3.98. The van der Waals surface area contributed by atoms with Crippen LogP contribution in [0.3, 0.4) is 0 Å². The summed E-state index contributed by atoms with van der Waals surface area (Å²) >= 11 is 4.82. The second kappa shape index (κ2) is 52.6. The predicted octanol–water partition coefficient (Wildman–Crippen LogP) is 13.4. The number of carbonyl (C=O) groups is 10. The number of amides is 3. The highest BCUT2D eigenvalue weighted by Crippen LogP contribution is 2.31.